The molecule has 1 saturated carbocycles. The van der Waals surface area contributed by atoms with Crippen molar-refractivity contribution in [1.29, 1.82) is 0 Å². The van der Waals surface area contributed by atoms with Gasteiger partial charge in [0.2, 0.25) is 0 Å². The van der Waals surface area contributed by atoms with Gasteiger partial charge >= 0.3 is 0 Å². The lowest BCUT2D eigenvalue weighted by Gasteiger charge is -2.33. The van der Waals surface area contributed by atoms with E-state index in [2.05, 4.69) is 24.1 Å². The van der Waals surface area contributed by atoms with Crippen LogP contribution >= 0.6 is 0 Å². The molecule has 112 valence electrons. The minimum atomic E-state index is 0.550. The lowest BCUT2D eigenvalue weighted by molar-refractivity contribution is 0.229. The average molecular weight is 275 g/mol. The smallest absolute Gasteiger partial charge is 0.0378 e. The molecular formula is C17H29N3. The molecule has 0 spiro atoms. The number of rotatable bonds is 6. The number of nitrogens with two attached hydrogens (primary N) is 1. The van der Waals surface area contributed by atoms with Gasteiger partial charge in [-0.05, 0) is 55.7 Å². The average Bonchev–Trinajstić information content (AvgIpc) is 2.46. The highest BCUT2D eigenvalue weighted by Gasteiger charge is 2.26. The Kier molecular flexibility index (Phi) is 5.84. The summed E-state index contributed by atoms with van der Waals surface area (Å²) >= 11 is 0. The molecule has 3 N–H and O–H groups in total. The van der Waals surface area contributed by atoms with Crippen molar-refractivity contribution in [2.75, 3.05) is 12.3 Å². The highest BCUT2D eigenvalue weighted by atomic mass is 14.9. The standard InChI is InChI=1S/C17H29N3/c1-3-9-20-17(14-6-4-13(2)5-7-14)11-15-12-19-10-8-16(15)18/h8,10,12-14,17,20H,3-7,9,11H2,1-2H3,(H2,18,19). The maximum atomic E-state index is 6.08. The fraction of sp³-hybridized carbons (Fsp3) is 0.706. The van der Waals surface area contributed by atoms with E-state index in [-0.39, 0.29) is 0 Å². The van der Waals surface area contributed by atoms with E-state index in [1.165, 1.54) is 37.7 Å². The lowest BCUT2D eigenvalue weighted by Crippen LogP contribution is -2.40. The minimum absolute atomic E-state index is 0.550. The second-order valence-electron chi connectivity index (χ2n) is 6.36. The Morgan fingerprint density at radius 2 is 2.10 bits per heavy atom. The summed E-state index contributed by atoms with van der Waals surface area (Å²) in [4.78, 5) is 4.23. The van der Waals surface area contributed by atoms with Gasteiger partial charge in [0, 0.05) is 24.1 Å². The zero-order chi connectivity index (χ0) is 14.4. The number of nitrogens with one attached hydrogen (secondary N) is 1. The van der Waals surface area contributed by atoms with Crippen LogP contribution < -0.4 is 11.1 Å². The zero-order valence-electron chi connectivity index (χ0n) is 12.9. The number of nitrogen functional groups attached to an aromatic ring is 1. The molecule has 1 aromatic rings. The summed E-state index contributed by atoms with van der Waals surface area (Å²) in [5.74, 6) is 1.69. The summed E-state index contributed by atoms with van der Waals surface area (Å²) in [5.41, 5.74) is 8.16. The van der Waals surface area contributed by atoms with Gasteiger partial charge in [0.1, 0.15) is 0 Å². The Morgan fingerprint density at radius 3 is 2.75 bits per heavy atom. The molecule has 0 bridgehead atoms. The molecule has 1 aliphatic rings. The molecule has 1 atom stereocenters. The summed E-state index contributed by atoms with van der Waals surface area (Å²) in [6, 6.07) is 2.46. The summed E-state index contributed by atoms with van der Waals surface area (Å²) in [6.45, 7) is 5.70. The van der Waals surface area contributed by atoms with Crippen molar-refractivity contribution < 1.29 is 0 Å². The van der Waals surface area contributed by atoms with Crippen LogP contribution in [0.5, 0.6) is 0 Å². The number of aromatic nitrogens is 1. The molecule has 0 aromatic carbocycles. The summed E-state index contributed by atoms with van der Waals surface area (Å²) in [7, 11) is 0. The molecule has 3 nitrogen and oxygen atoms in total. The predicted octanol–water partition coefficient (Wildman–Crippen LogP) is 3.40. The first kappa shape index (κ1) is 15.3. The molecule has 1 unspecified atom stereocenters. The van der Waals surface area contributed by atoms with Crippen molar-refractivity contribution >= 4 is 5.69 Å². The molecule has 1 aliphatic carbocycles. The Labute approximate surface area is 123 Å². The lowest BCUT2D eigenvalue weighted by atomic mass is 9.77. The Bertz CT molecular complexity index is 397. The Morgan fingerprint density at radius 1 is 1.35 bits per heavy atom. The van der Waals surface area contributed by atoms with Gasteiger partial charge in [-0.15, -0.1) is 0 Å². The van der Waals surface area contributed by atoms with E-state index in [9.17, 15) is 0 Å². The van der Waals surface area contributed by atoms with Gasteiger partial charge in [-0.25, -0.2) is 0 Å². The van der Waals surface area contributed by atoms with E-state index in [1.54, 1.807) is 6.20 Å². The van der Waals surface area contributed by atoms with Gasteiger partial charge in [0.15, 0.2) is 0 Å². The summed E-state index contributed by atoms with van der Waals surface area (Å²) in [6.07, 6.45) is 11.3. The van der Waals surface area contributed by atoms with E-state index in [0.717, 1.165) is 30.5 Å². The van der Waals surface area contributed by atoms with Gasteiger partial charge in [-0.3, -0.25) is 4.98 Å². The molecule has 3 heteroatoms. The number of nitrogens with zero attached hydrogens (tertiary/aromatic N) is 1. The fourth-order valence-electron chi connectivity index (χ4n) is 3.27. The van der Waals surface area contributed by atoms with E-state index < -0.39 is 0 Å². The molecular weight excluding hydrogens is 246 g/mol. The van der Waals surface area contributed by atoms with Crippen molar-refractivity contribution in [2.24, 2.45) is 11.8 Å². The summed E-state index contributed by atoms with van der Waals surface area (Å²) < 4.78 is 0. The van der Waals surface area contributed by atoms with Crippen LogP contribution in [0.25, 0.3) is 0 Å². The second kappa shape index (κ2) is 7.63. The molecule has 0 amide bonds. The van der Waals surface area contributed by atoms with E-state index >= 15 is 0 Å². The fourth-order valence-corrected chi connectivity index (χ4v) is 3.27. The molecule has 0 radical (unpaired) electrons. The van der Waals surface area contributed by atoms with E-state index in [4.69, 9.17) is 5.73 Å². The first-order valence-corrected chi connectivity index (χ1v) is 8.12. The predicted molar refractivity (Wildman–Crippen MR) is 85.6 cm³/mol. The van der Waals surface area contributed by atoms with Crippen molar-refractivity contribution in [3.05, 3.63) is 24.0 Å². The quantitative estimate of drug-likeness (QED) is 0.836. The van der Waals surface area contributed by atoms with Crippen LogP contribution in [-0.2, 0) is 6.42 Å². The van der Waals surface area contributed by atoms with Crippen molar-refractivity contribution in [1.82, 2.24) is 10.3 Å². The number of anilines is 1. The zero-order valence-corrected chi connectivity index (χ0v) is 12.9. The van der Waals surface area contributed by atoms with Gasteiger partial charge in [-0.1, -0.05) is 26.7 Å². The van der Waals surface area contributed by atoms with Crippen molar-refractivity contribution in [3.63, 3.8) is 0 Å². The minimum Gasteiger partial charge on any atom is -0.398 e. The molecule has 20 heavy (non-hydrogen) atoms. The molecule has 2 rings (SSSR count). The van der Waals surface area contributed by atoms with E-state index in [0.29, 0.717) is 6.04 Å². The summed E-state index contributed by atoms with van der Waals surface area (Å²) in [5, 5.41) is 3.75. The monoisotopic (exact) mass is 275 g/mol. The highest BCUT2D eigenvalue weighted by molar-refractivity contribution is 5.44. The van der Waals surface area contributed by atoms with Crippen LogP contribution in [0.2, 0.25) is 0 Å². The number of hydrogen-bond acceptors (Lipinski definition) is 3. The molecule has 0 saturated heterocycles. The van der Waals surface area contributed by atoms with Crippen LogP contribution in [0.4, 0.5) is 5.69 Å². The molecule has 1 heterocycles. The van der Waals surface area contributed by atoms with Gasteiger partial charge in [0.25, 0.3) is 0 Å². The maximum Gasteiger partial charge on any atom is 0.0378 e. The SMILES string of the molecule is CCCNC(Cc1cnccc1N)C1CCC(C)CC1. The van der Waals surface area contributed by atoms with Gasteiger partial charge < -0.3 is 11.1 Å². The van der Waals surface area contributed by atoms with E-state index in [1.807, 2.05) is 12.3 Å². The Hall–Kier alpha value is -1.09. The van der Waals surface area contributed by atoms with Crippen LogP contribution in [0.15, 0.2) is 18.5 Å². The van der Waals surface area contributed by atoms with Gasteiger partial charge in [0.05, 0.1) is 0 Å². The van der Waals surface area contributed by atoms with Crippen molar-refractivity contribution in [2.45, 2.75) is 58.4 Å². The molecule has 0 aliphatic heterocycles. The number of hydrogen-bond donors (Lipinski definition) is 2. The molecule has 1 aromatic heterocycles. The Balaban J connectivity index is 2.01. The first-order valence-electron chi connectivity index (χ1n) is 8.12. The first-order chi connectivity index (χ1) is 9.70. The topological polar surface area (TPSA) is 50.9 Å². The van der Waals surface area contributed by atoms with Crippen molar-refractivity contribution in [3.8, 4) is 0 Å². The van der Waals surface area contributed by atoms with Crippen LogP contribution in [-0.4, -0.2) is 17.6 Å². The highest BCUT2D eigenvalue weighted by Crippen LogP contribution is 2.32. The maximum absolute atomic E-state index is 6.08. The van der Waals surface area contributed by atoms with Gasteiger partial charge in [-0.2, -0.15) is 0 Å². The normalized spacial score (nSPS) is 24.5. The largest absolute Gasteiger partial charge is 0.398 e. The third-order valence-corrected chi connectivity index (χ3v) is 4.67. The third kappa shape index (κ3) is 4.20. The third-order valence-electron chi connectivity index (χ3n) is 4.67. The number of pyridine rings is 1. The van der Waals surface area contributed by atoms with Crippen LogP contribution in [0.1, 0.15) is 51.5 Å². The second-order valence-corrected chi connectivity index (χ2v) is 6.36. The van der Waals surface area contributed by atoms with Crippen LogP contribution in [0.3, 0.4) is 0 Å². The molecule has 1 fully saturated rings. The van der Waals surface area contributed by atoms with Crippen LogP contribution in [0, 0.1) is 11.8 Å².